The minimum absolute atomic E-state index is 0.0303. The van der Waals surface area contributed by atoms with Crippen LogP contribution in [0.2, 0.25) is 5.02 Å². The molecule has 7 nitrogen and oxygen atoms in total. The highest BCUT2D eigenvalue weighted by Gasteiger charge is 2.16. The number of aryl methyl sites for hydroxylation is 1. The average molecular weight is 492 g/mol. The van der Waals surface area contributed by atoms with E-state index < -0.39 is 15.9 Å². The molecule has 3 aromatic rings. The number of benzene rings is 2. The molecule has 0 spiro atoms. The molecule has 176 valence electrons. The lowest BCUT2D eigenvalue weighted by atomic mass is 10.2. The van der Waals surface area contributed by atoms with Gasteiger partial charge in [-0.1, -0.05) is 30.7 Å². The van der Waals surface area contributed by atoms with Crippen molar-refractivity contribution in [1.29, 1.82) is 0 Å². The first-order chi connectivity index (χ1) is 15.7. The molecule has 0 saturated heterocycles. The molecule has 0 aliphatic rings. The molecule has 33 heavy (non-hydrogen) atoms. The van der Waals surface area contributed by atoms with Gasteiger partial charge in [0.15, 0.2) is 9.84 Å². The Hall–Kier alpha value is -2.81. The molecule has 1 N–H and O–H groups in total. The van der Waals surface area contributed by atoms with Gasteiger partial charge in [0.25, 0.3) is 5.56 Å². The van der Waals surface area contributed by atoms with E-state index in [1.54, 1.807) is 42.6 Å². The number of pyridine rings is 1. The highest BCUT2D eigenvalue weighted by atomic mass is 35.5. The third-order valence-electron chi connectivity index (χ3n) is 4.96. The standard InChI is InChI=1S/C24H26ClNO6S/c1-3-33(29,30)16-21(27)15-32-23-9-8-20(12-17(23)2)26-11-10-22(13-24(26)28)31-14-18-4-6-19(25)7-5-18/h4-13,21,27H,3,14-16H2,1-2H3/t21-/m1/s1. The van der Waals surface area contributed by atoms with Crippen LogP contribution in [0.5, 0.6) is 11.5 Å². The van der Waals surface area contributed by atoms with Gasteiger partial charge in [-0.2, -0.15) is 0 Å². The van der Waals surface area contributed by atoms with Gasteiger partial charge >= 0.3 is 0 Å². The SMILES string of the molecule is CCS(=O)(=O)C[C@H](O)COc1ccc(-n2ccc(OCc3ccc(Cl)cc3)cc2=O)cc1C. The summed E-state index contributed by atoms with van der Waals surface area (Å²) < 4.78 is 36.0. The minimum Gasteiger partial charge on any atom is -0.491 e. The van der Waals surface area contributed by atoms with Crippen molar-refractivity contribution >= 4 is 21.4 Å². The van der Waals surface area contributed by atoms with E-state index in [0.717, 1.165) is 11.1 Å². The molecule has 0 aliphatic carbocycles. The van der Waals surface area contributed by atoms with Crippen LogP contribution in [0.4, 0.5) is 0 Å². The number of ether oxygens (including phenoxy) is 2. The van der Waals surface area contributed by atoms with Gasteiger partial charge in [-0.05, 0) is 54.4 Å². The number of aliphatic hydroxyl groups is 1. The summed E-state index contributed by atoms with van der Waals surface area (Å²) in [5.74, 6) is 0.585. The van der Waals surface area contributed by atoms with Crippen molar-refractivity contribution in [3.63, 3.8) is 0 Å². The molecule has 2 aromatic carbocycles. The zero-order valence-electron chi connectivity index (χ0n) is 18.4. The molecule has 1 atom stereocenters. The smallest absolute Gasteiger partial charge is 0.258 e. The summed E-state index contributed by atoms with van der Waals surface area (Å²) in [5, 5.41) is 10.6. The summed E-state index contributed by atoms with van der Waals surface area (Å²) in [4.78, 5) is 12.6. The second-order valence-electron chi connectivity index (χ2n) is 7.60. The summed E-state index contributed by atoms with van der Waals surface area (Å²) in [6.45, 7) is 3.52. The van der Waals surface area contributed by atoms with Crippen molar-refractivity contribution in [2.24, 2.45) is 0 Å². The third kappa shape index (κ3) is 7.08. The minimum atomic E-state index is -3.29. The second-order valence-corrected chi connectivity index (χ2v) is 10.4. The number of aliphatic hydroxyl groups excluding tert-OH is 1. The molecule has 0 aliphatic heterocycles. The summed E-state index contributed by atoms with van der Waals surface area (Å²) in [5.41, 5.74) is 2.07. The quantitative estimate of drug-likeness (QED) is 0.466. The Balaban J connectivity index is 1.65. The summed E-state index contributed by atoms with van der Waals surface area (Å²) in [6.07, 6.45) is 0.519. The van der Waals surface area contributed by atoms with E-state index in [4.69, 9.17) is 21.1 Å². The number of hydrogen-bond donors (Lipinski definition) is 1. The van der Waals surface area contributed by atoms with Crippen molar-refractivity contribution in [3.05, 3.63) is 87.3 Å². The Kier molecular flexibility index (Phi) is 8.18. The van der Waals surface area contributed by atoms with Gasteiger partial charge < -0.3 is 14.6 Å². The van der Waals surface area contributed by atoms with Gasteiger partial charge in [0.2, 0.25) is 0 Å². The summed E-state index contributed by atoms with van der Waals surface area (Å²) in [6, 6.07) is 15.6. The first-order valence-corrected chi connectivity index (χ1v) is 12.6. The molecule has 0 amide bonds. The largest absolute Gasteiger partial charge is 0.491 e. The molecular formula is C24H26ClNO6S. The lowest BCUT2D eigenvalue weighted by Crippen LogP contribution is -2.28. The zero-order chi connectivity index (χ0) is 24.0. The maximum Gasteiger partial charge on any atom is 0.258 e. The Morgan fingerprint density at radius 3 is 2.42 bits per heavy atom. The van der Waals surface area contributed by atoms with Crippen molar-refractivity contribution in [2.45, 2.75) is 26.6 Å². The van der Waals surface area contributed by atoms with Crippen molar-refractivity contribution < 1.29 is 23.0 Å². The topological polar surface area (TPSA) is 94.8 Å². The van der Waals surface area contributed by atoms with Gasteiger partial charge in [0, 0.05) is 28.7 Å². The normalized spacial score (nSPS) is 12.4. The lowest BCUT2D eigenvalue weighted by molar-refractivity contribution is 0.124. The molecule has 3 rings (SSSR count). The van der Waals surface area contributed by atoms with E-state index in [0.29, 0.717) is 28.8 Å². The molecule has 9 heteroatoms. The molecule has 0 fully saturated rings. The predicted molar refractivity (Wildman–Crippen MR) is 128 cm³/mol. The fourth-order valence-electron chi connectivity index (χ4n) is 3.10. The molecule has 0 saturated carbocycles. The summed E-state index contributed by atoms with van der Waals surface area (Å²) >= 11 is 5.88. The number of aromatic nitrogens is 1. The molecule has 1 heterocycles. The maximum absolute atomic E-state index is 12.6. The Morgan fingerprint density at radius 1 is 1.06 bits per heavy atom. The predicted octanol–water partition coefficient (Wildman–Crippen LogP) is 3.55. The molecule has 0 unspecified atom stereocenters. The number of halogens is 1. The second kappa shape index (κ2) is 10.9. The fourth-order valence-corrected chi connectivity index (χ4v) is 4.15. The highest BCUT2D eigenvalue weighted by Crippen LogP contribution is 2.22. The Labute approximate surface area is 198 Å². The first kappa shape index (κ1) is 24.8. The van der Waals surface area contributed by atoms with Gasteiger partial charge in [-0.3, -0.25) is 9.36 Å². The fraction of sp³-hybridized carbons (Fsp3) is 0.292. The third-order valence-corrected chi connectivity index (χ3v) is 6.99. The number of sulfone groups is 1. The van der Waals surface area contributed by atoms with Gasteiger partial charge in [-0.15, -0.1) is 0 Å². The molecule has 0 radical (unpaired) electrons. The van der Waals surface area contributed by atoms with Gasteiger partial charge in [-0.25, -0.2) is 8.42 Å². The zero-order valence-corrected chi connectivity index (χ0v) is 20.0. The van der Waals surface area contributed by atoms with Crippen LogP contribution in [-0.4, -0.2) is 42.3 Å². The van der Waals surface area contributed by atoms with Crippen LogP contribution in [0.15, 0.2) is 65.6 Å². The van der Waals surface area contributed by atoms with Crippen molar-refractivity contribution in [3.8, 4) is 17.2 Å². The van der Waals surface area contributed by atoms with Crippen LogP contribution >= 0.6 is 11.6 Å². The lowest BCUT2D eigenvalue weighted by Gasteiger charge is -2.15. The Morgan fingerprint density at radius 2 is 1.79 bits per heavy atom. The Bertz CT molecular complexity index is 1250. The summed E-state index contributed by atoms with van der Waals surface area (Å²) in [7, 11) is -3.29. The molecular weight excluding hydrogens is 466 g/mol. The van der Waals surface area contributed by atoms with E-state index in [1.165, 1.54) is 17.6 Å². The molecule has 1 aromatic heterocycles. The van der Waals surface area contributed by atoms with Crippen LogP contribution in [0.3, 0.4) is 0 Å². The van der Waals surface area contributed by atoms with E-state index >= 15 is 0 Å². The van der Waals surface area contributed by atoms with Crippen LogP contribution in [0.25, 0.3) is 5.69 Å². The van der Waals surface area contributed by atoms with Gasteiger partial charge in [0.1, 0.15) is 30.8 Å². The van der Waals surface area contributed by atoms with E-state index in [9.17, 15) is 18.3 Å². The number of nitrogens with zero attached hydrogens (tertiary/aromatic N) is 1. The van der Waals surface area contributed by atoms with Crippen LogP contribution in [0.1, 0.15) is 18.1 Å². The first-order valence-electron chi connectivity index (χ1n) is 10.4. The van der Waals surface area contributed by atoms with Crippen LogP contribution < -0.4 is 15.0 Å². The average Bonchev–Trinajstić information content (AvgIpc) is 2.77. The monoisotopic (exact) mass is 491 g/mol. The number of rotatable bonds is 10. The highest BCUT2D eigenvalue weighted by molar-refractivity contribution is 7.91. The van der Waals surface area contributed by atoms with E-state index in [2.05, 4.69) is 0 Å². The van der Waals surface area contributed by atoms with E-state index in [-0.39, 0.29) is 23.7 Å². The van der Waals surface area contributed by atoms with Crippen molar-refractivity contribution in [2.75, 3.05) is 18.1 Å². The maximum atomic E-state index is 12.6. The molecule has 0 bridgehead atoms. The number of hydrogen-bond acceptors (Lipinski definition) is 6. The van der Waals surface area contributed by atoms with E-state index in [1.807, 2.05) is 19.1 Å². The van der Waals surface area contributed by atoms with Crippen molar-refractivity contribution in [1.82, 2.24) is 4.57 Å². The van der Waals surface area contributed by atoms with Crippen LogP contribution in [0, 0.1) is 6.92 Å². The van der Waals surface area contributed by atoms with Crippen LogP contribution in [-0.2, 0) is 16.4 Å². The van der Waals surface area contributed by atoms with Gasteiger partial charge in [0.05, 0.1) is 5.75 Å².